The predicted octanol–water partition coefficient (Wildman–Crippen LogP) is 5.66. The van der Waals surface area contributed by atoms with Crippen LogP contribution < -0.4 is 4.74 Å². The highest BCUT2D eigenvalue weighted by atomic mass is 32.2. The van der Waals surface area contributed by atoms with Gasteiger partial charge >= 0.3 is 6.18 Å². The van der Waals surface area contributed by atoms with Crippen LogP contribution >= 0.6 is 11.8 Å². The minimum Gasteiger partial charge on any atom is -0.493 e. The van der Waals surface area contributed by atoms with E-state index < -0.39 is 11.7 Å². The van der Waals surface area contributed by atoms with E-state index in [1.165, 1.54) is 53.4 Å². The Morgan fingerprint density at radius 2 is 1.61 bits per heavy atom. The molecule has 1 atom stereocenters. The van der Waals surface area contributed by atoms with Crippen LogP contribution in [-0.2, 0) is 6.18 Å². The number of amides is 1. The summed E-state index contributed by atoms with van der Waals surface area (Å²) >= 11 is 2.03. The van der Waals surface area contributed by atoms with Crippen molar-refractivity contribution >= 4 is 17.7 Å². The summed E-state index contributed by atoms with van der Waals surface area (Å²) in [4.78, 5) is 19.4. The molecule has 38 heavy (non-hydrogen) atoms. The number of carbonyl (C=O) groups is 1. The monoisotopic (exact) mass is 549 g/mol. The Labute approximate surface area is 228 Å². The fourth-order valence-electron chi connectivity index (χ4n) is 5.21. The fraction of sp³-hybridized carbons (Fsp3) is 0.552. The molecule has 2 fully saturated rings. The van der Waals surface area contributed by atoms with Crippen molar-refractivity contribution in [3.8, 4) is 5.75 Å². The lowest BCUT2D eigenvalue weighted by molar-refractivity contribution is -0.137. The lowest BCUT2D eigenvalue weighted by Gasteiger charge is -2.39. The normalized spacial score (nSPS) is 18.4. The van der Waals surface area contributed by atoms with Gasteiger partial charge in [-0.1, -0.05) is 6.07 Å². The minimum atomic E-state index is -4.41. The zero-order valence-corrected chi connectivity index (χ0v) is 23.3. The van der Waals surface area contributed by atoms with Crippen molar-refractivity contribution in [1.29, 1.82) is 0 Å². The van der Waals surface area contributed by atoms with E-state index in [2.05, 4.69) is 42.7 Å². The number of alkyl halides is 3. The van der Waals surface area contributed by atoms with Gasteiger partial charge in [-0.3, -0.25) is 9.69 Å². The van der Waals surface area contributed by atoms with Crippen LogP contribution in [0.5, 0.6) is 5.75 Å². The molecular weight excluding hydrogens is 511 g/mol. The summed E-state index contributed by atoms with van der Waals surface area (Å²) in [7, 11) is 0. The Morgan fingerprint density at radius 1 is 0.947 bits per heavy atom. The van der Waals surface area contributed by atoms with Crippen LogP contribution in [0, 0.1) is 13.8 Å². The van der Waals surface area contributed by atoms with Gasteiger partial charge in [0.15, 0.2) is 0 Å². The number of nitrogens with zero attached hydrogens (tertiary/aromatic N) is 3. The molecule has 2 aromatic carbocycles. The Bertz CT molecular complexity index is 1080. The number of hydrogen-bond acceptors (Lipinski definition) is 5. The van der Waals surface area contributed by atoms with Gasteiger partial charge < -0.3 is 14.5 Å². The molecule has 2 saturated heterocycles. The van der Waals surface area contributed by atoms with Crippen LogP contribution in [0.2, 0.25) is 0 Å². The first kappa shape index (κ1) is 28.8. The van der Waals surface area contributed by atoms with Crippen LogP contribution in [0.15, 0.2) is 36.4 Å². The number of piperazine rings is 1. The van der Waals surface area contributed by atoms with E-state index in [1.807, 2.05) is 11.8 Å². The van der Waals surface area contributed by atoms with Crippen molar-refractivity contribution in [3.63, 3.8) is 0 Å². The van der Waals surface area contributed by atoms with Gasteiger partial charge in [-0.15, -0.1) is 0 Å². The first-order valence-electron chi connectivity index (χ1n) is 13.4. The summed E-state index contributed by atoms with van der Waals surface area (Å²) in [6.45, 7) is 13.1. The van der Waals surface area contributed by atoms with Crippen molar-refractivity contribution < 1.29 is 22.7 Å². The highest BCUT2D eigenvalue weighted by Gasteiger charge is 2.31. The third-order valence-electron chi connectivity index (χ3n) is 7.82. The average molecular weight is 550 g/mol. The third-order valence-corrected chi connectivity index (χ3v) is 8.76. The van der Waals surface area contributed by atoms with Crippen molar-refractivity contribution in [3.05, 3.63) is 64.2 Å². The van der Waals surface area contributed by atoms with Crippen LogP contribution in [-0.4, -0.2) is 84.5 Å². The van der Waals surface area contributed by atoms with Crippen LogP contribution in [0.4, 0.5) is 13.2 Å². The fourth-order valence-corrected chi connectivity index (χ4v) is 6.19. The largest absolute Gasteiger partial charge is 0.493 e. The average Bonchev–Trinajstić information content (AvgIpc) is 2.93. The first-order valence-corrected chi connectivity index (χ1v) is 14.5. The molecule has 9 heteroatoms. The Kier molecular flexibility index (Phi) is 9.65. The molecule has 0 saturated carbocycles. The molecule has 0 aliphatic carbocycles. The SMILES string of the molecule is Cc1c(OCCCN2CCSCC2)ccc([C@@H](C)N2CCN(C(=O)c3ccc(C(F)(F)F)cc3)CC2)c1C. The quantitative estimate of drug-likeness (QED) is 0.397. The standard InChI is InChI=1S/C29H38F3N3O2S/c1-21-22(2)27(37-18-4-11-33-16-19-38-20-17-33)10-9-26(21)23(3)34-12-14-35(15-13-34)28(36)24-5-7-25(8-6-24)29(30,31)32/h5-10,23H,4,11-20H2,1-3H3/t23-/m1/s1. The number of hydrogen-bond donors (Lipinski definition) is 0. The van der Waals surface area contributed by atoms with E-state index in [9.17, 15) is 18.0 Å². The zero-order valence-electron chi connectivity index (χ0n) is 22.5. The molecule has 5 nitrogen and oxygen atoms in total. The van der Waals surface area contributed by atoms with Gasteiger partial charge in [0, 0.05) is 68.9 Å². The maximum Gasteiger partial charge on any atom is 0.416 e. The summed E-state index contributed by atoms with van der Waals surface area (Å²) < 4.78 is 44.6. The second-order valence-corrected chi connectivity index (χ2v) is 11.4. The summed E-state index contributed by atoms with van der Waals surface area (Å²) in [5.74, 6) is 3.17. The molecule has 4 rings (SSSR count). The van der Waals surface area contributed by atoms with Gasteiger partial charge in [0.2, 0.25) is 0 Å². The smallest absolute Gasteiger partial charge is 0.416 e. The Balaban J connectivity index is 1.28. The van der Waals surface area contributed by atoms with Crippen molar-refractivity contribution in [2.75, 3.05) is 63.9 Å². The van der Waals surface area contributed by atoms with Crippen molar-refractivity contribution in [2.24, 2.45) is 0 Å². The molecule has 2 aliphatic heterocycles. The maximum atomic E-state index is 12.9. The number of rotatable bonds is 8. The van der Waals surface area contributed by atoms with Crippen molar-refractivity contribution in [2.45, 2.75) is 39.4 Å². The number of ether oxygens (including phenoxy) is 1. The van der Waals surface area contributed by atoms with Gasteiger partial charge in [0.25, 0.3) is 5.91 Å². The minimum absolute atomic E-state index is 0.183. The lowest BCUT2D eigenvalue weighted by atomic mass is 9.96. The number of benzene rings is 2. The van der Waals surface area contributed by atoms with Gasteiger partial charge in [-0.05, 0) is 74.2 Å². The lowest BCUT2D eigenvalue weighted by Crippen LogP contribution is -2.49. The zero-order chi connectivity index (χ0) is 27.3. The molecule has 2 aliphatic rings. The predicted molar refractivity (Wildman–Crippen MR) is 147 cm³/mol. The molecule has 208 valence electrons. The molecule has 2 aromatic rings. The third kappa shape index (κ3) is 7.04. The van der Waals surface area contributed by atoms with Crippen LogP contribution in [0.3, 0.4) is 0 Å². The van der Waals surface area contributed by atoms with E-state index in [0.717, 1.165) is 30.8 Å². The highest BCUT2D eigenvalue weighted by Crippen LogP contribution is 2.32. The molecule has 0 spiro atoms. The van der Waals surface area contributed by atoms with E-state index in [4.69, 9.17) is 4.74 Å². The topological polar surface area (TPSA) is 36.0 Å². The molecule has 2 heterocycles. The number of thioether (sulfide) groups is 1. The Morgan fingerprint density at radius 3 is 2.24 bits per heavy atom. The van der Waals surface area contributed by atoms with Crippen molar-refractivity contribution in [1.82, 2.24) is 14.7 Å². The molecule has 0 radical (unpaired) electrons. The second kappa shape index (κ2) is 12.7. The highest BCUT2D eigenvalue weighted by molar-refractivity contribution is 7.99. The summed E-state index contributed by atoms with van der Waals surface area (Å²) in [6.07, 6.45) is -3.38. The molecule has 0 N–H and O–H groups in total. The van der Waals surface area contributed by atoms with Crippen LogP contribution in [0.25, 0.3) is 0 Å². The Hall–Kier alpha value is -2.23. The van der Waals surface area contributed by atoms with E-state index in [0.29, 0.717) is 32.8 Å². The number of carbonyl (C=O) groups excluding carboxylic acids is 1. The van der Waals surface area contributed by atoms with Gasteiger partial charge in [-0.25, -0.2) is 0 Å². The summed E-state index contributed by atoms with van der Waals surface area (Å²) in [6, 6.07) is 8.89. The van der Waals surface area contributed by atoms with E-state index in [-0.39, 0.29) is 17.5 Å². The van der Waals surface area contributed by atoms with Gasteiger partial charge in [0.05, 0.1) is 12.2 Å². The van der Waals surface area contributed by atoms with Gasteiger partial charge in [-0.2, -0.15) is 24.9 Å². The maximum absolute atomic E-state index is 12.9. The van der Waals surface area contributed by atoms with Gasteiger partial charge in [0.1, 0.15) is 5.75 Å². The van der Waals surface area contributed by atoms with E-state index >= 15 is 0 Å². The van der Waals surface area contributed by atoms with E-state index in [1.54, 1.807) is 4.90 Å². The first-order chi connectivity index (χ1) is 18.1. The molecule has 0 unspecified atom stereocenters. The molecular formula is C29H38F3N3O2S. The summed E-state index contributed by atoms with van der Waals surface area (Å²) in [5, 5.41) is 0. The van der Waals surface area contributed by atoms with Crippen LogP contribution in [0.1, 0.15) is 52.0 Å². The second-order valence-electron chi connectivity index (χ2n) is 10.1. The number of halogens is 3. The molecule has 0 bridgehead atoms. The molecule has 0 aromatic heterocycles. The molecule has 1 amide bonds. The summed E-state index contributed by atoms with van der Waals surface area (Å²) in [5.41, 5.74) is 3.19.